The largest absolute Gasteiger partial charge is 0.309 e. The summed E-state index contributed by atoms with van der Waals surface area (Å²) in [6.45, 7) is 3.49. The third kappa shape index (κ3) is 3.67. The van der Waals surface area contributed by atoms with Gasteiger partial charge < -0.3 is 5.32 Å². The van der Waals surface area contributed by atoms with E-state index in [1.807, 2.05) is 13.0 Å². The van der Waals surface area contributed by atoms with Gasteiger partial charge in [-0.05, 0) is 38.7 Å². The molecule has 1 unspecified atom stereocenters. The molecule has 0 bridgehead atoms. The van der Waals surface area contributed by atoms with E-state index in [9.17, 15) is 8.42 Å². The molecule has 4 nitrogen and oxygen atoms in total. The molecule has 2 aliphatic rings. The van der Waals surface area contributed by atoms with Crippen LogP contribution in [0, 0.1) is 0 Å². The van der Waals surface area contributed by atoms with E-state index in [4.69, 9.17) is 0 Å². The van der Waals surface area contributed by atoms with E-state index in [0.717, 1.165) is 37.1 Å². The van der Waals surface area contributed by atoms with Gasteiger partial charge in [-0.15, -0.1) is 11.3 Å². The Bertz CT molecular complexity index is 578. The molecular formula is C15H24N2O2S2. The minimum atomic E-state index is -3.32. The lowest BCUT2D eigenvalue weighted by Gasteiger charge is -2.25. The molecule has 1 saturated carbocycles. The molecule has 2 heterocycles. The highest BCUT2D eigenvalue weighted by molar-refractivity contribution is 7.89. The lowest BCUT2D eigenvalue weighted by molar-refractivity contribution is 0.342. The molecular weight excluding hydrogens is 304 g/mol. The molecule has 1 N–H and O–H groups in total. The predicted molar refractivity (Wildman–Crippen MR) is 86.0 cm³/mol. The van der Waals surface area contributed by atoms with Crippen molar-refractivity contribution in [3.05, 3.63) is 16.3 Å². The van der Waals surface area contributed by atoms with Crippen molar-refractivity contribution < 1.29 is 8.42 Å². The van der Waals surface area contributed by atoms with E-state index in [1.54, 1.807) is 21.0 Å². The summed E-state index contributed by atoms with van der Waals surface area (Å²) in [5.41, 5.74) is 0. The maximum atomic E-state index is 12.8. The molecule has 1 aromatic rings. The monoisotopic (exact) mass is 328 g/mol. The highest BCUT2D eigenvalue weighted by atomic mass is 32.2. The zero-order valence-electron chi connectivity index (χ0n) is 12.5. The van der Waals surface area contributed by atoms with Crippen molar-refractivity contribution in [3.8, 4) is 0 Å². The molecule has 1 aliphatic carbocycles. The smallest absolute Gasteiger partial charge is 0.244 e. The van der Waals surface area contributed by atoms with Crippen LogP contribution in [0.5, 0.6) is 0 Å². The number of sulfonamides is 1. The van der Waals surface area contributed by atoms with Gasteiger partial charge in [0.2, 0.25) is 10.0 Å². The fourth-order valence-electron chi connectivity index (χ4n) is 2.86. The van der Waals surface area contributed by atoms with Gasteiger partial charge in [-0.3, -0.25) is 0 Å². The zero-order chi connectivity index (χ0) is 14.9. The van der Waals surface area contributed by atoms with Crippen LogP contribution < -0.4 is 5.32 Å². The van der Waals surface area contributed by atoms with Gasteiger partial charge in [-0.25, -0.2) is 8.42 Å². The van der Waals surface area contributed by atoms with E-state index < -0.39 is 10.0 Å². The Labute approximate surface area is 131 Å². The Balaban J connectivity index is 1.73. The third-order valence-electron chi connectivity index (χ3n) is 4.37. The zero-order valence-corrected chi connectivity index (χ0v) is 14.2. The van der Waals surface area contributed by atoms with Gasteiger partial charge in [0.25, 0.3) is 0 Å². The number of nitrogens with one attached hydrogen (secondary N) is 1. The van der Waals surface area contributed by atoms with Crippen LogP contribution in [-0.4, -0.2) is 31.4 Å². The van der Waals surface area contributed by atoms with Crippen molar-refractivity contribution in [2.45, 2.75) is 69.0 Å². The molecule has 1 aliphatic heterocycles. The minimum absolute atomic E-state index is 0.116. The molecule has 1 saturated heterocycles. The second kappa shape index (κ2) is 6.36. The van der Waals surface area contributed by atoms with Gasteiger partial charge in [0, 0.05) is 35.4 Å². The van der Waals surface area contributed by atoms with E-state index in [-0.39, 0.29) is 6.04 Å². The highest BCUT2D eigenvalue weighted by Crippen LogP contribution is 2.28. The van der Waals surface area contributed by atoms with Crippen LogP contribution in [0.25, 0.3) is 0 Å². The van der Waals surface area contributed by atoms with E-state index in [1.165, 1.54) is 12.8 Å². The molecule has 21 heavy (non-hydrogen) atoms. The number of hydrogen-bond acceptors (Lipinski definition) is 4. The van der Waals surface area contributed by atoms with Gasteiger partial charge in [0.05, 0.1) is 4.90 Å². The Morgan fingerprint density at radius 3 is 2.86 bits per heavy atom. The highest BCUT2D eigenvalue weighted by Gasteiger charge is 2.30. The first-order valence-corrected chi connectivity index (χ1v) is 10.2. The fraction of sp³-hybridized carbons (Fsp3) is 0.733. The molecule has 2 fully saturated rings. The number of rotatable bonds is 5. The molecule has 3 rings (SSSR count). The molecule has 0 spiro atoms. The summed E-state index contributed by atoms with van der Waals surface area (Å²) >= 11 is 1.55. The summed E-state index contributed by atoms with van der Waals surface area (Å²) in [5, 5.41) is 5.24. The van der Waals surface area contributed by atoms with Crippen molar-refractivity contribution in [3.63, 3.8) is 0 Å². The van der Waals surface area contributed by atoms with Crippen LogP contribution in [-0.2, 0) is 16.6 Å². The Kier molecular flexibility index (Phi) is 4.69. The standard InChI is InChI=1S/C15H24N2O2S2/c1-12-5-3-2-4-8-17(12)21(18,19)15-9-14(20-11-15)10-16-13-6-7-13/h9,11-13,16H,2-8,10H2,1H3. The first-order valence-electron chi connectivity index (χ1n) is 7.90. The minimum Gasteiger partial charge on any atom is -0.309 e. The van der Waals surface area contributed by atoms with Gasteiger partial charge in [0.1, 0.15) is 0 Å². The summed E-state index contributed by atoms with van der Waals surface area (Å²) in [5.74, 6) is 0. The first-order chi connectivity index (χ1) is 10.1. The molecule has 1 atom stereocenters. The van der Waals surface area contributed by atoms with Crippen LogP contribution in [0.2, 0.25) is 0 Å². The quantitative estimate of drug-likeness (QED) is 0.904. The molecule has 1 aromatic heterocycles. The number of nitrogens with zero attached hydrogens (tertiary/aromatic N) is 1. The van der Waals surface area contributed by atoms with Crippen molar-refractivity contribution in [1.29, 1.82) is 0 Å². The van der Waals surface area contributed by atoms with Gasteiger partial charge in [0.15, 0.2) is 0 Å². The summed E-state index contributed by atoms with van der Waals surface area (Å²) < 4.78 is 27.4. The van der Waals surface area contributed by atoms with Crippen LogP contribution in [0.3, 0.4) is 0 Å². The van der Waals surface area contributed by atoms with Gasteiger partial charge in [-0.2, -0.15) is 4.31 Å². The first kappa shape index (κ1) is 15.5. The number of hydrogen-bond donors (Lipinski definition) is 1. The van der Waals surface area contributed by atoms with Crippen LogP contribution in [0.1, 0.15) is 50.3 Å². The average molecular weight is 329 g/mol. The summed E-state index contributed by atoms with van der Waals surface area (Å²) in [6, 6.07) is 2.62. The molecule has 0 radical (unpaired) electrons. The Morgan fingerprint density at radius 2 is 2.10 bits per heavy atom. The molecule has 6 heteroatoms. The number of thiophene rings is 1. The van der Waals surface area contributed by atoms with E-state index >= 15 is 0 Å². The molecule has 0 amide bonds. The Morgan fingerprint density at radius 1 is 1.29 bits per heavy atom. The predicted octanol–water partition coefficient (Wildman–Crippen LogP) is 2.95. The third-order valence-corrected chi connectivity index (χ3v) is 7.45. The summed E-state index contributed by atoms with van der Waals surface area (Å²) in [7, 11) is -3.32. The molecule has 118 valence electrons. The fourth-order valence-corrected chi connectivity index (χ4v) is 5.78. The van der Waals surface area contributed by atoms with Crippen molar-refractivity contribution in [2.75, 3.05) is 6.54 Å². The maximum absolute atomic E-state index is 12.8. The lowest BCUT2D eigenvalue weighted by Crippen LogP contribution is -2.38. The lowest BCUT2D eigenvalue weighted by atomic mass is 10.1. The topological polar surface area (TPSA) is 49.4 Å². The average Bonchev–Trinajstić information content (AvgIpc) is 3.19. The normalized spacial score (nSPS) is 24.9. The second-order valence-electron chi connectivity index (χ2n) is 6.22. The van der Waals surface area contributed by atoms with Crippen molar-refractivity contribution >= 4 is 21.4 Å². The van der Waals surface area contributed by atoms with Crippen LogP contribution in [0.15, 0.2) is 16.3 Å². The van der Waals surface area contributed by atoms with Gasteiger partial charge >= 0.3 is 0 Å². The summed E-state index contributed by atoms with van der Waals surface area (Å²) in [6.07, 6.45) is 6.72. The van der Waals surface area contributed by atoms with Crippen LogP contribution in [0.4, 0.5) is 0 Å². The van der Waals surface area contributed by atoms with Crippen LogP contribution >= 0.6 is 11.3 Å². The maximum Gasteiger partial charge on any atom is 0.244 e. The SMILES string of the molecule is CC1CCCCCN1S(=O)(=O)c1csc(CNC2CC2)c1. The van der Waals surface area contributed by atoms with Crippen molar-refractivity contribution in [1.82, 2.24) is 9.62 Å². The molecule has 0 aromatic carbocycles. The summed E-state index contributed by atoms with van der Waals surface area (Å²) in [4.78, 5) is 1.59. The second-order valence-corrected chi connectivity index (χ2v) is 9.10. The van der Waals surface area contributed by atoms with Crippen molar-refractivity contribution in [2.24, 2.45) is 0 Å². The van der Waals surface area contributed by atoms with E-state index in [0.29, 0.717) is 17.5 Å². The van der Waals surface area contributed by atoms with Gasteiger partial charge in [-0.1, -0.05) is 12.8 Å². The Hall–Kier alpha value is -0.430. The van der Waals surface area contributed by atoms with E-state index in [2.05, 4.69) is 5.32 Å².